The molecule has 0 atom stereocenters. The van der Waals surface area contributed by atoms with Crippen molar-refractivity contribution in [3.8, 4) is 5.75 Å². The summed E-state index contributed by atoms with van der Waals surface area (Å²) < 4.78 is 39.8. The third-order valence-corrected chi connectivity index (χ3v) is 2.06. The van der Waals surface area contributed by atoms with Crippen molar-refractivity contribution in [2.45, 2.75) is 13.3 Å². The second kappa shape index (κ2) is 3.66. The lowest BCUT2D eigenvalue weighted by Gasteiger charge is -2.09. The fourth-order valence-electron chi connectivity index (χ4n) is 1.43. The van der Waals surface area contributed by atoms with Crippen LogP contribution in [-0.4, -0.2) is 11.3 Å². The molecule has 2 rings (SSSR count). The number of hydrogen-bond donors (Lipinski definition) is 0. The van der Waals surface area contributed by atoms with Crippen LogP contribution in [0, 0.1) is 6.92 Å². The van der Waals surface area contributed by atoms with Crippen LogP contribution in [0.1, 0.15) is 5.69 Å². The highest BCUT2D eigenvalue weighted by atomic mass is 19.4. The highest BCUT2D eigenvalue weighted by Gasteiger charge is 2.31. The zero-order valence-corrected chi connectivity index (χ0v) is 8.38. The minimum absolute atomic E-state index is 0.217. The Morgan fingerprint density at radius 3 is 2.56 bits per heavy atom. The highest BCUT2D eigenvalue weighted by molar-refractivity contribution is 5.83. The third-order valence-electron chi connectivity index (χ3n) is 2.06. The Kier molecular flexibility index (Phi) is 2.46. The van der Waals surface area contributed by atoms with Crippen LogP contribution in [0.5, 0.6) is 5.75 Å². The van der Waals surface area contributed by atoms with E-state index in [9.17, 15) is 13.2 Å². The largest absolute Gasteiger partial charge is 0.573 e. The number of rotatable bonds is 1. The van der Waals surface area contributed by atoms with Crippen molar-refractivity contribution in [1.82, 2.24) is 4.98 Å². The standard InChI is InChI=1S/C11H8F3NO/c1-7-4-9-5-10(16-11(12,13)14)3-2-8(9)6-15-7/h2-6H,1H3. The number of benzene rings is 1. The molecule has 1 aromatic heterocycles. The van der Waals surface area contributed by atoms with E-state index in [0.717, 1.165) is 11.1 Å². The lowest BCUT2D eigenvalue weighted by molar-refractivity contribution is -0.274. The first kappa shape index (κ1) is 10.7. The molecule has 1 heterocycles. The number of ether oxygens (including phenoxy) is 1. The molecule has 84 valence electrons. The van der Waals surface area contributed by atoms with E-state index in [1.807, 2.05) is 0 Å². The quantitative estimate of drug-likeness (QED) is 0.744. The zero-order valence-electron chi connectivity index (χ0n) is 8.38. The molecule has 0 saturated heterocycles. The summed E-state index contributed by atoms with van der Waals surface area (Å²) in [6.07, 6.45) is -3.04. The summed E-state index contributed by atoms with van der Waals surface area (Å²) in [7, 11) is 0. The molecule has 16 heavy (non-hydrogen) atoms. The van der Waals surface area contributed by atoms with Gasteiger partial charge in [-0.25, -0.2) is 0 Å². The molecule has 1 aromatic carbocycles. The number of aromatic nitrogens is 1. The molecule has 0 N–H and O–H groups in total. The summed E-state index contributed by atoms with van der Waals surface area (Å²) in [6.45, 7) is 1.77. The van der Waals surface area contributed by atoms with Crippen LogP contribution in [0.2, 0.25) is 0 Å². The molecule has 0 bridgehead atoms. The van der Waals surface area contributed by atoms with Crippen molar-refractivity contribution in [2.75, 3.05) is 0 Å². The first-order chi connectivity index (χ1) is 7.44. The number of hydrogen-bond acceptors (Lipinski definition) is 2. The lowest BCUT2D eigenvalue weighted by atomic mass is 10.1. The third kappa shape index (κ3) is 2.42. The Bertz CT molecular complexity index is 522. The number of aryl methyl sites for hydroxylation is 1. The van der Waals surface area contributed by atoms with Gasteiger partial charge >= 0.3 is 6.36 Å². The summed E-state index contributed by atoms with van der Waals surface area (Å²) in [5.74, 6) is -0.217. The van der Waals surface area contributed by atoms with Crippen LogP contribution in [0.4, 0.5) is 13.2 Å². The average molecular weight is 227 g/mol. The van der Waals surface area contributed by atoms with Gasteiger partial charge in [0.2, 0.25) is 0 Å². The predicted octanol–water partition coefficient (Wildman–Crippen LogP) is 3.44. The van der Waals surface area contributed by atoms with E-state index in [1.54, 1.807) is 25.3 Å². The average Bonchev–Trinajstić information content (AvgIpc) is 2.14. The van der Waals surface area contributed by atoms with Gasteiger partial charge in [0.25, 0.3) is 0 Å². The Morgan fingerprint density at radius 1 is 1.12 bits per heavy atom. The lowest BCUT2D eigenvalue weighted by Crippen LogP contribution is -2.16. The predicted molar refractivity (Wildman–Crippen MR) is 53.2 cm³/mol. The van der Waals surface area contributed by atoms with Gasteiger partial charge < -0.3 is 4.74 Å². The molecule has 0 unspecified atom stereocenters. The SMILES string of the molecule is Cc1cc2cc(OC(F)(F)F)ccc2cn1. The number of halogens is 3. The molecule has 0 aliphatic rings. The van der Waals surface area contributed by atoms with Crippen molar-refractivity contribution >= 4 is 10.8 Å². The van der Waals surface area contributed by atoms with Crippen LogP contribution < -0.4 is 4.74 Å². The molecular weight excluding hydrogens is 219 g/mol. The van der Waals surface area contributed by atoms with Crippen LogP contribution >= 0.6 is 0 Å². The monoisotopic (exact) mass is 227 g/mol. The molecule has 0 spiro atoms. The molecular formula is C11H8F3NO. The van der Waals surface area contributed by atoms with Gasteiger partial charge in [-0.2, -0.15) is 0 Å². The van der Waals surface area contributed by atoms with E-state index in [1.165, 1.54) is 12.1 Å². The van der Waals surface area contributed by atoms with E-state index >= 15 is 0 Å². The molecule has 0 radical (unpaired) electrons. The smallest absolute Gasteiger partial charge is 0.406 e. The van der Waals surface area contributed by atoms with E-state index in [2.05, 4.69) is 9.72 Å². The van der Waals surface area contributed by atoms with E-state index in [0.29, 0.717) is 5.39 Å². The Balaban J connectivity index is 2.43. The second-order valence-electron chi connectivity index (χ2n) is 3.38. The van der Waals surface area contributed by atoms with Gasteiger partial charge in [0.1, 0.15) is 5.75 Å². The maximum atomic E-state index is 12.0. The first-order valence-corrected chi connectivity index (χ1v) is 4.56. The van der Waals surface area contributed by atoms with E-state index < -0.39 is 6.36 Å². The van der Waals surface area contributed by atoms with Crippen LogP contribution in [0.15, 0.2) is 30.5 Å². The Morgan fingerprint density at radius 2 is 1.88 bits per heavy atom. The van der Waals surface area contributed by atoms with Gasteiger partial charge in [-0.1, -0.05) is 0 Å². The van der Waals surface area contributed by atoms with E-state index in [-0.39, 0.29) is 5.75 Å². The normalized spacial score (nSPS) is 11.8. The van der Waals surface area contributed by atoms with Crippen molar-refractivity contribution in [3.05, 3.63) is 36.2 Å². The van der Waals surface area contributed by atoms with Crippen molar-refractivity contribution < 1.29 is 17.9 Å². The summed E-state index contributed by atoms with van der Waals surface area (Å²) in [5, 5.41) is 1.45. The zero-order chi connectivity index (χ0) is 11.8. The van der Waals surface area contributed by atoms with Gasteiger partial charge in [0.05, 0.1) is 0 Å². The van der Waals surface area contributed by atoms with E-state index in [4.69, 9.17) is 0 Å². The number of alkyl halides is 3. The Labute approximate surface area is 89.7 Å². The molecule has 0 fully saturated rings. The maximum Gasteiger partial charge on any atom is 0.573 e. The molecule has 0 aliphatic heterocycles. The van der Waals surface area contributed by atoms with Gasteiger partial charge in [0, 0.05) is 17.3 Å². The van der Waals surface area contributed by atoms with Crippen LogP contribution in [0.25, 0.3) is 10.8 Å². The second-order valence-corrected chi connectivity index (χ2v) is 3.38. The fraction of sp³-hybridized carbons (Fsp3) is 0.182. The Hall–Kier alpha value is -1.78. The molecule has 2 aromatic rings. The fourth-order valence-corrected chi connectivity index (χ4v) is 1.43. The molecule has 0 saturated carbocycles. The topological polar surface area (TPSA) is 22.1 Å². The number of pyridine rings is 1. The summed E-state index contributed by atoms with van der Waals surface area (Å²) in [5.41, 5.74) is 0.747. The summed E-state index contributed by atoms with van der Waals surface area (Å²) >= 11 is 0. The summed E-state index contributed by atoms with van der Waals surface area (Å²) in [6, 6.07) is 5.87. The number of fused-ring (bicyclic) bond motifs is 1. The van der Waals surface area contributed by atoms with Gasteiger partial charge in [-0.15, -0.1) is 13.2 Å². The van der Waals surface area contributed by atoms with Gasteiger partial charge in [-0.3, -0.25) is 4.98 Å². The van der Waals surface area contributed by atoms with Crippen LogP contribution in [-0.2, 0) is 0 Å². The van der Waals surface area contributed by atoms with Crippen molar-refractivity contribution in [3.63, 3.8) is 0 Å². The molecule has 2 nitrogen and oxygen atoms in total. The van der Waals surface area contributed by atoms with Crippen LogP contribution in [0.3, 0.4) is 0 Å². The van der Waals surface area contributed by atoms with Gasteiger partial charge in [-0.05, 0) is 36.6 Å². The number of nitrogens with zero attached hydrogens (tertiary/aromatic N) is 1. The first-order valence-electron chi connectivity index (χ1n) is 4.56. The maximum absolute atomic E-state index is 12.0. The minimum Gasteiger partial charge on any atom is -0.406 e. The molecule has 0 aliphatic carbocycles. The van der Waals surface area contributed by atoms with Crippen molar-refractivity contribution in [1.29, 1.82) is 0 Å². The molecule has 0 amide bonds. The minimum atomic E-state index is -4.66. The molecule has 5 heteroatoms. The summed E-state index contributed by atoms with van der Waals surface area (Å²) in [4.78, 5) is 4.05. The van der Waals surface area contributed by atoms with Crippen molar-refractivity contribution in [2.24, 2.45) is 0 Å². The highest BCUT2D eigenvalue weighted by Crippen LogP contribution is 2.26. The van der Waals surface area contributed by atoms with Gasteiger partial charge in [0.15, 0.2) is 0 Å².